The maximum Gasteiger partial charge on any atom is 0.500 e. The van der Waals surface area contributed by atoms with E-state index < -0.39 is 8.80 Å². The van der Waals surface area contributed by atoms with E-state index in [0.717, 1.165) is 6.42 Å². The Balaban J connectivity index is 4.33. The molecule has 3 N–H and O–H groups in total. The number of primary amides is 1. The van der Waals surface area contributed by atoms with E-state index in [2.05, 4.69) is 0 Å². The van der Waals surface area contributed by atoms with Crippen LogP contribution in [0.4, 0.5) is 0 Å². The molecule has 0 aliphatic rings. The number of aliphatic hydroxyl groups excluding tert-OH is 1. The minimum absolute atomic E-state index is 0.156. The Hall–Kier alpha value is -0.473. The number of carbonyl (C=O) groups excluding carboxylic acids is 1. The Bertz CT molecular complexity index is 234. The molecule has 114 valence electrons. The molecule has 0 rings (SSSR count). The third-order valence-electron chi connectivity index (χ3n) is 2.51. The van der Waals surface area contributed by atoms with Crippen LogP contribution in [0.1, 0.15) is 39.5 Å². The molecule has 7 heteroatoms. The number of unbranched alkanes of at least 4 members (excludes halogenated alkanes) is 1. The molecule has 0 bridgehead atoms. The van der Waals surface area contributed by atoms with E-state index >= 15 is 0 Å². The highest BCUT2D eigenvalue weighted by molar-refractivity contribution is 6.60. The lowest BCUT2D eigenvalue weighted by molar-refractivity contribution is -0.118. The van der Waals surface area contributed by atoms with Crippen molar-refractivity contribution in [2.24, 2.45) is 5.73 Å². The van der Waals surface area contributed by atoms with Crippen molar-refractivity contribution in [3.63, 3.8) is 0 Å². The van der Waals surface area contributed by atoms with Crippen molar-refractivity contribution < 1.29 is 23.2 Å². The summed E-state index contributed by atoms with van der Waals surface area (Å²) < 4.78 is 17.2. The molecule has 0 spiro atoms. The largest absolute Gasteiger partial charge is 0.500 e. The monoisotopic (exact) mass is 293 g/mol. The highest BCUT2D eigenvalue weighted by Crippen LogP contribution is 2.19. The van der Waals surface area contributed by atoms with Crippen LogP contribution in [0.25, 0.3) is 0 Å². The quantitative estimate of drug-likeness (QED) is 0.391. The van der Waals surface area contributed by atoms with Crippen LogP contribution in [-0.2, 0) is 18.1 Å². The van der Waals surface area contributed by atoms with Crippen LogP contribution in [0, 0.1) is 0 Å². The standard InChI is InChI=1S/C12H27NO5Si/c1-3-16-19(17-4-2,11-7-8-12(13)15)18-10-6-5-9-14/h14H,3-11H2,1-2H3,(H2,13,15). The molecule has 1 amide bonds. The second kappa shape index (κ2) is 11.4. The van der Waals surface area contributed by atoms with Crippen molar-refractivity contribution in [1.29, 1.82) is 0 Å². The third-order valence-corrected chi connectivity index (χ3v) is 5.58. The smallest absolute Gasteiger partial charge is 0.396 e. The maximum absolute atomic E-state index is 10.8. The Morgan fingerprint density at radius 3 is 2.21 bits per heavy atom. The first-order valence-electron chi connectivity index (χ1n) is 6.91. The molecule has 0 aromatic heterocycles. The lowest BCUT2D eigenvalue weighted by atomic mass is 10.3. The zero-order chi connectivity index (χ0) is 14.6. The van der Waals surface area contributed by atoms with Gasteiger partial charge < -0.3 is 24.1 Å². The first-order valence-corrected chi connectivity index (χ1v) is 8.84. The van der Waals surface area contributed by atoms with Crippen LogP contribution in [0.15, 0.2) is 0 Å². The van der Waals surface area contributed by atoms with Crippen LogP contribution in [0.3, 0.4) is 0 Å². The molecule has 0 fully saturated rings. The Labute approximate surface area is 116 Å². The van der Waals surface area contributed by atoms with Gasteiger partial charge in [0.15, 0.2) is 0 Å². The van der Waals surface area contributed by atoms with E-state index in [-0.39, 0.29) is 12.5 Å². The molecule has 0 unspecified atom stereocenters. The van der Waals surface area contributed by atoms with E-state index in [4.69, 9.17) is 24.1 Å². The molecule has 0 aliphatic heterocycles. The number of hydrogen-bond acceptors (Lipinski definition) is 5. The zero-order valence-corrected chi connectivity index (χ0v) is 13.0. The SMILES string of the molecule is CCO[Si](CCCC(N)=O)(OCC)OCCCCO. The van der Waals surface area contributed by atoms with Gasteiger partial charge in [-0.1, -0.05) is 0 Å². The molecule has 0 atom stereocenters. The van der Waals surface area contributed by atoms with Crippen molar-refractivity contribution in [2.75, 3.05) is 26.4 Å². The zero-order valence-electron chi connectivity index (χ0n) is 12.0. The molecule has 0 aromatic carbocycles. The van der Waals surface area contributed by atoms with Crippen molar-refractivity contribution in [2.45, 2.75) is 45.6 Å². The van der Waals surface area contributed by atoms with Crippen molar-refractivity contribution in [3.8, 4) is 0 Å². The van der Waals surface area contributed by atoms with E-state index in [1.54, 1.807) is 0 Å². The molecule has 0 heterocycles. The summed E-state index contributed by atoms with van der Waals surface area (Å²) in [6.07, 6.45) is 2.39. The van der Waals surface area contributed by atoms with Crippen molar-refractivity contribution >= 4 is 14.7 Å². The third kappa shape index (κ3) is 9.12. The van der Waals surface area contributed by atoms with Crippen LogP contribution in [0.5, 0.6) is 0 Å². The fourth-order valence-electron chi connectivity index (χ4n) is 1.70. The summed E-state index contributed by atoms with van der Waals surface area (Å²) in [6, 6.07) is 0.594. The molecular formula is C12H27NO5Si. The first kappa shape index (κ1) is 18.5. The molecule has 6 nitrogen and oxygen atoms in total. The summed E-state index contributed by atoms with van der Waals surface area (Å²) >= 11 is 0. The number of nitrogens with two attached hydrogens (primary N) is 1. The summed E-state index contributed by atoms with van der Waals surface area (Å²) in [6.45, 7) is 5.48. The Morgan fingerprint density at radius 1 is 1.11 bits per heavy atom. The summed E-state index contributed by atoms with van der Waals surface area (Å²) in [5, 5.41) is 8.75. The number of aliphatic hydroxyl groups is 1. The minimum Gasteiger partial charge on any atom is -0.396 e. The molecular weight excluding hydrogens is 266 g/mol. The summed E-state index contributed by atoms with van der Waals surface area (Å²) in [5.74, 6) is -0.323. The number of rotatable bonds is 13. The van der Waals surface area contributed by atoms with Gasteiger partial charge in [-0.05, 0) is 33.1 Å². The highest BCUT2D eigenvalue weighted by Gasteiger charge is 2.39. The number of hydrogen-bond donors (Lipinski definition) is 2. The van der Waals surface area contributed by atoms with Crippen LogP contribution in [-0.4, -0.2) is 46.2 Å². The van der Waals surface area contributed by atoms with Gasteiger partial charge in [0.2, 0.25) is 5.91 Å². The van der Waals surface area contributed by atoms with Gasteiger partial charge in [-0.25, -0.2) is 0 Å². The average Bonchev–Trinajstić information content (AvgIpc) is 2.35. The van der Waals surface area contributed by atoms with Crippen molar-refractivity contribution in [3.05, 3.63) is 0 Å². The summed E-state index contributed by atoms with van der Waals surface area (Å²) in [4.78, 5) is 10.8. The van der Waals surface area contributed by atoms with E-state index in [1.165, 1.54) is 0 Å². The Morgan fingerprint density at radius 2 is 1.74 bits per heavy atom. The number of amides is 1. The molecule has 0 saturated carbocycles. The fraction of sp³-hybridized carbons (Fsp3) is 0.917. The van der Waals surface area contributed by atoms with Gasteiger partial charge in [-0.3, -0.25) is 4.79 Å². The van der Waals surface area contributed by atoms with Gasteiger partial charge in [0, 0.05) is 38.9 Å². The van der Waals surface area contributed by atoms with Crippen LogP contribution in [0.2, 0.25) is 6.04 Å². The van der Waals surface area contributed by atoms with E-state index in [1.807, 2.05) is 13.8 Å². The van der Waals surface area contributed by atoms with Gasteiger partial charge in [0.05, 0.1) is 0 Å². The average molecular weight is 293 g/mol. The first-order chi connectivity index (χ1) is 9.10. The molecule has 19 heavy (non-hydrogen) atoms. The minimum atomic E-state index is -2.70. The van der Waals surface area contributed by atoms with Crippen LogP contribution < -0.4 is 5.73 Å². The molecule has 0 saturated heterocycles. The normalized spacial score (nSPS) is 11.7. The maximum atomic E-state index is 10.8. The fourth-order valence-corrected chi connectivity index (χ4v) is 4.33. The number of carbonyl (C=O) groups is 1. The summed E-state index contributed by atoms with van der Waals surface area (Å²) in [5.41, 5.74) is 5.14. The van der Waals surface area contributed by atoms with Gasteiger partial charge in [-0.2, -0.15) is 0 Å². The second-order valence-electron chi connectivity index (χ2n) is 4.15. The van der Waals surface area contributed by atoms with Crippen LogP contribution >= 0.6 is 0 Å². The lowest BCUT2D eigenvalue weighted by Crippen LogP contribution is -2.46. The topological polar surface area (TPSA) is 91.0 Å². The molecule has 0 aliphatic carbocycles. The van der Waals surface area contributed by atoms with Crippen molar-refractivity contribution in [1.82, 2.24) is 0 Å². The predicted octanol–water partition coefficient (Wildman–Crippen LogP) is 1.05. The van der Waals surface area contributed by atoms with Gasteiger partial charge in [0.1, 0.15) is 0 Å². The van der Waals surface area contributed by atoms with Gasteiger partial charge in [0.25, 0.3) is 0 Å². The molecule has 0 radical (unpaired) electrons. The second-order valence-corrected chi connectivity index (χ2v) is 6.88. The Kier molecular flexibility index (Phi) is 11.1. The van der Waals surface area contributed by atoms with E-state index in [0.29, 0.717) is 45.1 Å². The lowest BCUT2D eigenvalue weighted by Gasteiger charge is -2.28. The van der Waals surface area contributed by atoms with E-state index in [9.17, 15) is 4.79 Å². The van der Waals surface area contributed by atoms with Gasteiger partial charge >= 0.3 is 8.80 Å². The predicted molar refractivity (Wildman–Crippen MR) is 74.5 cm³/mol. The summed E-state index contributed by atoms with van der Waals surface area (Å²) in [7, 11) is -2.70. The highest BCUT2D eigenvalue weighted by atomic mass is 28.4. The van der Waals surface area contributed by atoms with Gasteiger partial charge in [-0.15, -0.1) is 0 Å². The molecule has 0 aromatic rings.